The minimum Gasteiger partial charge on any atom is -0.504 e. The number of amides is 1. The van der Waals surface area contributed by atoms with Crippen LogP contribution in [0.25, 0.3) is 22.5 Å². The van der Waals surface area contributed by atoms with Gasteiger partial charge in [0.25, 0.3) is 0 Å². The molecule has 2 heterocycles. The van der Waals surface area contributed by atoms with Gasteiger partial charge < -0.3 is 19.8 Å². The van der Waals surface area contributed by atoms with E-state index < -0.39 is 0 Å². The topological polar surface area (TPSA) is 87.8 Å². The molecule has 30 heavy (non-hydrogen) atoms. The maximum atomic E-state index is 12.0. The minimum absolute atomic E-state index is 0.0411. The standard InChI is InChI=1S/C23H25N3O4/c1-2-30-22-14-17(7-10-21(22)28)20-15-19(24-26(20)12-13-27)16-5-8-18(9-6-16)25-11-3-4-23(25)29/h5-10,14-15,27-28H,2-4,11-13H2,1H3. The van der Waals surface area contributed by atoms with Crippen molar-refractivity contribution in [2.75, 3.05) is 24.7 Å². The molecule has 0 saturated carbocycles. The molecule has 7 heteroatoms. The molecule has 2 aromatic carbocycles. The average molecular weight is 407 g/mol. The van der Waals surface area contributed by atoms with Gasteiger partial charge in [-0.25, -0.2) is 0 Å². The number of aliphatic hydroxyl groups excluding tert-OH is 1. The number of hydrogen-bond donors (Lipinski definition) is 2. The fourth-order valence-electron chi connectivity index (χ4n) is 3.73. The number of phenolic OH excluding ortho intramolecular Hbond substituents is 1. The summed E-state index contributed by atoms with van der Waals surface area (Å²) in [6, 6.07) is 14.9. The number of nitrogens with zero attached hydrogens (tertiary/aromatic N) is 3. The normalized spacial score (nSPS) is 13.8. The van der Waals surface area contributed by atoms with Gasteiger partial charge >= 0.3 is 0 Å². The summed E-state index contributed by atoms with van der Waals surface area (Å²) in [7, 11) is 0. The second kappa shape index (κ2) is 8.59. The first-order chi connectivity index (χ1) is 14.6. The monoisotopic (exact) mass is 407 g/mol. The predicted octanol–water partition coefficient (Wildman–Crippen LogP) is 3.44. The molecule has 0 atom stereocenters. The number of hydrogen-bond acceptors (Lipinski definition) is 5. The lowest BCUT2D eigenvalue weighted by Crippen LogP contribution is -2.23. The Labute approximate surface area is 175 Å². The Morgan fingerprint density at radius 2 is 1.87 bits per heavy atom. The molecule has 156 valence electrons. The van der Waals surface area contributed by atoms with Crippen molar-refractivity contribution in [2.45, 2.75) is 26.3 Å². The molecule has 3 aromatic rings. The van der Waals surface area contributed by atoms with Crippen molar-refractivity contribution in [3.8, 4) is 34.0 Å². The molecule has 1 amide bonds. The van der Waals surface area contributed by atoms with Gasteiger partial charge in [0.1, 0.15) is 0 Å². The third-order valence-electron chi connectivity index (χ3n) is 5.20. The molecule has 0 spiro atoms. The van der Waals surface area contributed by atoms with Gasteiger partial charge in [0, 0.05) is 29.8 Å². The zero-order chi connectivity index (χ0) is 21.1. The molecule has 0 bridgehead atoms. The first-order valence-corrected chi connectivity index (χ1v) is 10.2. The Morgan fingerprint density at radius 3 is 2.53 bits per heavy atom. The van der Waals surface area contributed by atoms with E-state index in [1.165, 1.54) is 0 Å². The summed E-state index contributed by atoms with van der Waals surface area (Å²) in [5.41, 5.74) is 4.24. The van der Waals surface area contributed by atoms with E-state index in [9.17, 15) is 15.0 Å². The van der Waals surface area contributed by atoms with Crippen LogP contribution < -0.4 is 9.64 Å². The largest absolute Gasteiger partial charge is 0.504 e. The van der Waals surface area contributed by atoms with Crippen molar-refractivity contribution in [3.05, 3.63) is 48.5 Å². The number of carbonyl (C=O) groups is 1. The number of benzene rings is 2. The maximum absolute atomic E-state index is 12.0. The first kappa shape index (κ1) is 20.0. The second-order valence-corrected chi connectivity index (χ2v) is 7.17. The van der Waals surface area contributed by atoms with Crippen LogP contribution in [-0.2, 0) is 11.3 Å². The molecule has 1 aliphatic heterocycles. The van der Waals surface area contributed by atoms with Crippen LogP contribution >= 0.6 is 0 Å². The number of aromatic hydroxyl groups is 1. The third kappa shape index (κ3) is 3.89. The van der Waals surface area contributed by atoms with Gasteiger partial charge in [-0.15, -0.1) is 0 Å². The summed E-state index contributed by atoms with van der Waals surface area (Å²) in [6.07, 6.45) is 1.50. The van der Waals surface area contributed by atoms with E-state index in [2.05, 4.69) is 5.10 Å². The molecular formula is C23H25N3O4. The maximum Gasteiger partial charge on any atom is 0.227 e. The molecule has 0 unspecified atom stereocenters. The van der Waals surface area contributed by atoms with Crippen molar-refractivity contribution < 1.29 is 19.7 Å². The Kier molecular flexibility index (Phi) is 5.72. The predicted molar refractivity (Wildman–Crippen MR) is 115 cm³/mol. The Bertz CT molecular complexity index is 1040. The van der Waals surface area contributed by atoms with Gasteiger partial charge in [0.05, 0.1) is 31.1 Å². The van der Waals surface area contributed by atoms with Crippen molar-refractivity contribution in [1.29, 1.82) is 0 Å². The van der Waals surface area contributed by atoms with Crippen molar-refractivity contribution in [3.63, 3.8) is 0 Å². The van der Waals surface area contributed by atoms with E-state index in [1.54, 1.807) is 22.9 Å². The highest BCUT2D eigenvalue weighted by molar-refractivity contribution is 5.95. The van der Waals surface area contributed by atoms with E-state index in [0.717, 1.165) is 41.2 Å². The molecular weight excluding hydrogens is 382 g/mol. The summed E-state index contributed by atoms with van der Waals surface area (Å²) in [5, 5.41) is 24.1. The van der Waals surface area contributed by atoms with Crippen molar-refractivity contribution >= 4 is 11.6 Å². The molecule has 1 aromatic heterocycles. The number of phenols is 1. The molecule has 1 saturated heterocycles. The SMILES string of the molecule is CCOc1cc(-c2cc(-c3ccc(N4CCCC4=O)cc3)nn2CCO)ccc1O. The van der Waals surface area contributed by atoms with Gasteiger partial charge in [-0.1, -0.05) is 12.1 Å². The third-order valence-corrected chi connectivity index (χ3v) is 5.20. The summed E-state index contributed by atoms with van der Waals surface area (Å²) in [4.78, 5) is 13.8. The molecule has 2 N–H and O–H groups in total. The summed E-state index contributed by atoms with van der Waals surface area (Å²) >= 11 is 0. The van der Waals surface area contributed by atoms with E-state index in [4.69, 9.17) is 4.74 Å². The number of ether oxygens (including phenoxy) is 1. The van der Waals surface area contributed by atoms with Gasteiger partial charge in [0.15, 0.2) is 11.5 Å². The van der Waals surface area contributed by atoms with E-state index >= 15 is 0 Å². The summed E-state index contributed by atoms with van der Waals surface area (Å²) < 4.78 is 7.24. The van der Waals surface area contributed by atoms with Crippen LogP contribution in [0.4, 0.5) is 5.69 Å². The highest BCUT2D eigenvalue weighted by Gasteiger charge is 2.21. The molecule has 0 aliphatic carbocycles. The van der Waals surface area contributed by atoms with Gasteiger partial charge in [-0.05, 0) is 49.7 Å². The number of aliphatic hydroxyl groups is 1. The van der Waals surface area contributed by atoms with Crippen molar-refractivity contribution in [2.24, 2.45) is 0 Å². The summed E-state index contributed by atoms with van der Waals surface area (Å²) in [5.74, 6) is 0.656. The van der Waals surface area contributed by atoms with Gasteiger partial charge in [0.2, 0.25) is 5.91 Å². The Balaban J connectivity index is 1.67. The number of rotatable bonds is 7. The van der Waals surface area contributed by atoms with Gasteiger partial charge in [-0.3, -0.25) is 9.48 Å². The molecule has 4 rings (SSSR count). The van der Waals surface area contributed by atoms with E-state index in [-0.39, 0.29) is 18.3 Å². The minimum atomic E-state index is -0.0411. The first-order valence-electron chi connectivity index (χ1n) is 10.2. The number of anilines is 1. The van der Waals surface area contributed by atoms with Crippen LogP contribution in [0.1, 0.15) is 19.8 Å². The number of aromatic nitrogens is 2. The summed E-state index contributed by atoms with van der Waals surface area (Å²) in [6.45, 7) is 3.38. The Morgan fingerprint density at radius 1 is 1.10 bits per heavy atom. The number of carbonyl (C=O) groups excluding carboxylic acids is 1. The molecule has 1 fully saturated rings. The van der Waals surface area contributed by atoms with E-state index in [0.29, 0.717) is 25.3 Å². The lowest BCUT2D eigenvalue weighted by molar-refractivity contribution is -0.117. The fourth-order valence-corrected chi connectivity index (χ4v) is 3.73. The van der Waals surface area contributed by atoms with Crippen LogP contribution in [0.5, 0.6) is 11.5 Å². The quantitative estimate of drug-likeness (QED) is 0.626. The lowest BCUT2D eigenvalue weighted by Gasteiger charge is -2.15. The molecule has 0 radical (unpaired) electrons. The zero-order valence-corrected chi connectivity index (χ0v) is 16.9. The highest BCUT2D eigenvalue weighted by Crippen LogP contribution is 2.34. The fraction of sp³-hybridized carbons (Fsp3) is 0.304. The van der Waals surface area contributed by atoms with Crippen LogP contribution in [0.15, 0.2) is 48.5 Å². The highest BCUT2D eigenvalue weighted by atomic mass is 16.5. The zero-order valence-electron chi connectivity index (χ0n) is 16.9. The molecule has 7 nitrogen and oxygen atoms in total. The molecule has 1 aliphatic rings. The van der Waals surface area contributed by atoms with Crippen LogP contribution in [0.3, 0.4) is 0 Å². The van der Waals surface area contributed by atoms with Crippen LogP contribution in [-0.4, -0.2) is 45.7 Å². The van der Waals surface area contributed by atoms with Crippen LogP contribution in [0.2, 0.25) is 0 Å². The second-order valence-electron chi connectivity index (χ2n) is 7.17. The Hall–Kier alpha value is -3.32. The average Bonchev–Trinajstić information content (AvgIpc) is 3.37. The smallest absolute Gasteiger partial charge is 0.227 e. The lowest BCUT2D eigenvalue weighted by atomic mass is 10.1. The van der Waals surface area contributed by atoms with Crippen LogP contribution in [0, 0.1) is 0 Å². The van der Waals surface area contributed by atoms with Crippen molar-refractivity contribution in [1.82, 2.24) is 9.78 Å². The van der Waals surface area contributed by atoms with E-state index in [1.807, 2.05) is 42.2 Å². The van der Waals surface area contributed by atoms with Gasteiger partial charge in [-0.2, -0.15) is 5.10 Å².